The lowest BCUT2D eigenvalue weighted by Crippen LogP contribution is -2.36. The molecule has 6 heteroatoms. The first-order valence-corrected chi connectivity index (χ1v) is 9.19. The summed E-state index contributed by atoms with van der Waals surface area (Å²) in [6.07, 6.45) is 7.21. The van der Waals surface area contributed by atoms with Gasteiger partial charge in [0, 0.05) is 44.4 Å². The second kappa shape index (κ2) is 8.00. The molecule has 0 unspecified atom stereocenters. The number of benzene rings is 1. The van der Waals surface area contributed by atoms with Crippen LogP contribution in [0.15, 0.2) is 67.3 Å². The van der Waals surface area contributed by atoms with Gasteiger partial charge in [-0.3, -0.25) is 19.6 Å². The van der Waals surface area contributed by atoms with Crippen LogP contribution in [0.4, 0.5) is 0 Å². The molecule has 0 bridgehead atoms. The fourth-order valence-corrected chi connectivity index (χ4v) is 3.32. The maximum atomic E-state index is 12.9. The van der Waals surface area contributed by atoms with Crippen LogP contribution >= 0.6 is 0 Å². The summed E-state index contributed by atoms with van der Waals surface area (Å²) in [6, 6.07) is 13.5. The Morgan fingerprint density at radius 3 is 2.61 bits per heavy atom. The molecule has 0 saturated carbocycles. The second-order valence-corrected chi connectivity index (χ2v) is 6.75. The van der Waals surface area contributed by atoms with Crippen LogP contribution in [0.25, 0.3) is 0 Å². The second-order valence-electron chi connectivity index (χ2n) is 6.75. The molecule has 0 spiro atoms. The zero-order valence-electron chi connectivity index (χ0n) is 15.3. The van der Waals surface area contributed by atoms with Crippen molar-refractivity contribution >= 4 is 11.8 Å². The first kappa shape index (κ1) is 17.9. The van der Waals surface area contributed by atoms with E-state index in [0.29, 0.717) is 30.8 Å². The third kappa shape index (κ3) is 3.91. The Bertz CT molecular complexity index is 1000. The molecular formula is C22H20N4O2. The average molecular weight is 372 g/mol. The molecule has 2 aromatic heterocycles. The molecule has 1 aromatic carbocycles. The number of hydrogen-bond acceptors (Lipinski definition) is 4. The van der Waals surface area contributed by atoms with Crippen molar-refractivity contribution in [2.45, 2.75) is 19.5 Å². The summed E-state index contributed by atoms with van der Waals surface area (Å²) in [5.41, 5.74) is 4.15. The molecule has 2 amide bonds. The van der Waals surface area contributed by atoms with Gasteiger partial charge in [-0.05, 0) is 35.2 Å². The third-order valence-corrected chi connectivity index (χ3v) is 4.84. The number of aromatic nitrogens is 2. The highest BCUT2D eigenvalue weighted by Gasteiger charge is 2.22. The molecule has 3 aromatic rings. The van der Waals surface area contributed by atoms with Crippen molar-refractivity contribution in [3.8, 4) is 0 Å². The topological polar surface area (TPSA) is 75.2 Å². The van der Waals surface area contributed by atoms with Crippen LogP contribution in [0.5, 0.6) is 0 Å². The highest BCUT2D eigenvalue weighted by atomic mass is 16.2. The van der Waals surface area contributed by atoms with Crippen LogP contribution in [-0.4, -0.2) is 33.2 Å². The van der Waals surface area contributed by atoms with E-state index in [1.54, 1.807) is 23.4 Å². The van der Waals surface area contributed by atoms with Gasteiger partial charge in [0.2, 0.25) is 0 Å². The van der Waals surface area contributed by atoms with E-state index in [1.165, 1.54) is 23.5 Å². The number of nitrogens with one attached hydrogen (secondary N) is 1. The maximum absolute atomic E-state index is 12.9. The van der Waals surface area contributed by atoms with Gasteiger partial charge >= 0.3 is 0 Å². The average Bonchev–Trinajstić information content (AvgIpc) is 2.77. The monoisotopic (exact) mass is 372 g/mol. The van der Waals surface area contributed by atoms with Crippen LogP contribution in [0.3, 0.4) is 0 Å². The molecule has 0 atom stereocenters. The van der Waals surface area contributed by atoms with Gasteiger partial charge in [-0.25, -0.2) is 0 Å². The van der Waals surface area contributed by atoms with Crippen LogP contribution in [-0.2, 0) is 19.5 Å². The van der Waals surface area contributed by atoms with Crippen molar-refractivity contribution in [1.82, 2.24) is 20.2 Å². The largest absolute Gasteiger partial charge is 0.348 e. The number of amides is 2. The lowest BCUT2D eigenvalue weighted by Gasteiger charge is -2.28. The predicted octanol–water partition coefficient (Wildman–Crippen LogP) is 2.61. The molecule has 0 saturated heterocycles. The van der Waals surface area contributed by atoms with Crippen molar-refractivity contribution in [3.05, 3.63) is 95.1 Å². The summed E-state index contributed by atoms with van der Waals surface area (Å²) in [4.78, 5) is 35.3. The highest BCUT2D eigenvalue weighted by Crippen LogP contribution is 2.20. The molecule has 0 radical (unpaired) electrons. The molecule has 1 aliphatic rings. The fraction of sp³-hybridized carbons (Fsp3) is 0.182. The Kier molecular flexibility index (Phi) is 5.10. The van der Waals surface area contributed by atoms with Gasteiger partial charge in [-0.15, -0.1) is 0 Å². The zero-order chi connectivity index (χ0) is 19.3. The maximum Gasteiger partial charge on any atom is 0.255 e. The summed E-state index contributed by atoms with van der Waals surface area (Å²) in [5, 5.41) is 2.83. The van der Waals surface area contributed by atoms with E-state index in [-0.39, 0.29) is 11.8 Å². The van der Waals surface area contributed by atoms with Crippen molar-refractivity contribution in [2.24, 2.45) is 0 Å². The fourth-order valence-electron chi connectivity index (χ4n) is 3.32. The van der Waals surface area contributed by atoms with Crippen LogP contribution < -0.4 is 5.32 Å². The summed E-state index contributed by atoms with van der Waals surface area (Å²) in [7, 11) is 0. The van der Waals surface area contributed by atoms with Gasteiger partial charge in [-0.2, -0.15) is 0 Å². The number of hydrogen-bond donors (Lipinski definition) is 1. The molecule has 28 heavy (non-hydrogen) atoms. The normalized spacial score (nSPS) is 12.9. The van der Waals surface area contributed by atoms with Crippen molar-refractivity contribution in [1.29, 1.82) is 0 Å². The first-order chi connectivity index (χ1) is 13.7. The smallest absolute Gasteiger partial charge is 0.255 e. The number of carbonyl (C=O) groups excluding carboxylic acids is 2. The Balaban J connectivity index is 1.44. The molecule has 140 valence electrons. The minimum Gasteiger partial charge on any atom is -0.348 e. The molecule has 1 aliphatic heterocycles. The molecule has 4 rings (SSSR count). The number of nitrogens with zero attached hydrogens (tertiary/aromatic N) is 3. The van der Waals surface area contributed by atoms with Crippen LogP contribution in [0.2, 0.25) is 0 Å². The van der Waals surface area contributed by atoms with Crippen molar-refractivity contribution in [3.63, 3.8) is 0 Å². The Hall–Kier alpha value is -3.54. The van der Waals surface area contributed by atoms with Gasteiger partial charge < -0.3 is 10.2 Å². The van der Waals surface area contributed by atoms with Gasteiger partial charge in [0.05, 0.1) is 11.1 Å². The van der Waals surface area contributed by atoms with Gasteiger partial charge in [-0.1, -0.05) is 30.3 Å². The standard InChI is InChI=1S/C22H20N4O2/c27-21(25-12-16-4-3-8-23-11-16)19-10-20(14-24-13-19)22(28)26-9-7-17-5-1-2-6-18(17)15-26/h1-6,8,10-11,13-14H,7,9,12,15H2,(H,25,27). The predicted molar refractivity (Wildman–Crippen MR) is 105 cm³/mol. The van der Waals surface area contributed by atoms with Crippen molar-refractivity contribution < 1.29 is 9.59 Å². The molecule has 3 heterocycles. The SMILES string of the molecule is O=C(NCc1cccnc1)c1cncc(C(=O)N2CCc3ccccc3C2)c1. The van der Waals surface area contributed by atoms with E-state index in [2.05, 4.69) is 27.4 Å². The Morgan fingerprint density at radius 2 is 1.79 bits per heavy atom. The number of fused-ring (bicyclic) bond motifs is 1. The lowest BCUT2D eigenvalue weighted by atomic mass is 9.99. The van der Waals surface area contributed by atoms with Crippen LogP contribution in [0, 0.1) is 0 Å². The molecule has 6 nitrogen and oxygen atoms in total. The highest BCUT2D eigenvalue weighted by molar-refractivity contribution is 5.99. The lowest BCUT2D eigenvalue weighted by molar-refractivity contribution is 0.0734. The third-order valence-electron chi connectivity index (χ3n) is 4.84. The quantitative estimate of drug-likeness (QED) is 0.764. The minimum atomic E-state index is -0.269. The molecule has 1 N–H and O–H groups in total. The van der Waals surface area contributed by atoms with E-state index in [1.807, 2.05) is 24.3 Å². The van der Waals surface area contributed by atoms with Gasteiger partial charge in [0.1, 0.15) is 0 Å². The Labute approximate surface area is 163 Å². The molecule has 0 fully saturated rings. The molecule has 0 aliphatic carbocycles. The number of pyridine rings is 2. The van der Waals surface area contributed by atoms with E-state index < -0.39 is 0 Å². The molecular weight excluding hydrogens is 352 g/mol. The van der Waals surface area contributed by atoms with E-state index in [4.69, 9.17) is 0 Å². The first-order valence-electron chi connectivity index (χ1n) is 9.19. The number of rotatable bonds is 4. The summed E-state index contributed by atoms with van der Waals surface area (Å²) in [5.74, 6) is -0.376. The summed E-state index contributed by atoms with van der Waals surface area (Å²) in [6.45, 7) is 1.60. The van der Waals surface area contributed by atoms with E-state index in [0.717, 1.165) is 12.0 Å². The summed E-state index contributed by atoms with van der Waals surface area (Å²) >= 11 is 0. The zero-order valence-corrected chi connectivity index (χ0v) is 15.3. The van der Waals surface area contributed by atoms with Gasteiger partial charge in [0.25, 0.3) is 11.8 Å². The van der Waals surface area contributed by atoms with E-state index in [9.17, 15) is 9.59 Å². The van der Waals surface area contributed by atoms with Crippen molar-refractivity contribution in [2.75, 3.05) is 6.54 Å². The Morgan fingerprint density at radius 1 is 0.964 bits per heavy atom. The van der Waals surface area contributed by atoms with Gasteiger partial charge in [0.15, 0.2) is 0 Å². The minimum absolute atomic E-state index is 0.107. The van der Waals surface area contributed by atoms with Crippen LogP contribution in [0.1, 0.15) is 37.4 Å². The van der Waals surface area contributed by atoms with E-state index >= 15 is 0 Å². The summed E-state index contributed by atoms with van der Waals surface area (Å²) < 4.78 is 0. The number of carbonyl (C=O) groups is 2.